The molecule has 1 aliphatic carbocycles. The highest BCUT2D eigenvalue weighted by atomic mass is 16.5. The number of amides is 2. The van der Waals surface area contributed by atoms with Crippen LogP contribution in [0.4, 0.5) is 0 Å². The van der Waals surface area contributed by atoms with Crippen molar-refractivity contribution >= 4 is 11.8 Å². The molecule has 7 heteroatoms. The van der Waals surface area contributed by atoms with Gasteiger partial charge in [-0.25, -0.2) is 0 Å². The van der Waals surface area contributed by atoms with Crippen molar-refractivity contribution in [2.75, 3.05) is 13.2 Å². The fourth-order valence-electron chi connectivity index (χ4n) is 4.34. The minimum Gasteiger partial charge on any atom is -0.494 e. The third-order valence-electron chi connectivity index (χ3n) is 6.27. The van der Waals surface area contributed by atoms with Crippen molar-refractivity contribution in [3.05, 3.63) is 63.1 Å². The van der Waals surface area contributed by atoms with Crippen LogP contribution in [0, 0.1) is 5.92 Å². The Labute approximate surface area is 182 Å². The van der Waals surface area contributed by atoms with Gasteiger partial charge in [0.1, 0.15) is 11.3 Å². The van der Waals surface area contributed by atoms with Crippen LogP contribution in [0.1, 0.15) is 53.2 Å². The number of hydrogen-bond acceptors (Lipinski definition) is 4. The average molecular weight is 424 g/mol. The molecule has 1 fully saturated rings. The largest absolute Gasteiger partial charge is 0.494 e. The van der Waals surface area contributed by atoms with Crippen molar-refractivity contribution in [3.63, 3.8) is 0 Å². The zero-order valence-electron chi connectivity index (χ0n) is 18.1. The predicted octanol–water partition coefficient (Wildman–Crippen LogP) is 2.40. The number of aromatic nitrogens is 1. The van der Waals surface area contributed by atoms with E-state index in [-0.39, 0.29) is 35.4 Å². The zero-order valence-corrected chi connectivity index (χ0v) is 18.1. The number of para-hydroxylation sites is 1. The molecule has 0 saturated heterocycles. The molecule has 2 aromatic rings. The lowest BCUT2D eigenvalue weighted by Gasteiger charge is -2.35. The smallest absolute Gasteiger partial charge is 0.263 e. The van der Waals surface area contributed by atoms with E-state index in [9.17, 15) is 14.4 Å². The number of fused-ring (bicyclic) bond motifs is 1. The number of rotatable bonds is 6. The van der Waals surface area contributed by atoms with E-state index in [1.807, 2.05) is 36.1 Å². The molecule has 1 aromatic heterocycles. The van der Waals surface area contributed by atoms with Gasteiger partial charge in [-0.1, -0.05) is 24.6 Å². The molecule has 0 radical (unpaired) electrons. The van der Waals surface area contributed by atoms with E-state index in [0.717, 1.165) is 41.7 Å². The van der Waals surface area contributed by atoms with Gasteiger partial charge in [-0.2, -0.15) is 0 Å². The zero-order chi connectivity index (χ0) is 22.0. The van der Waals surface area contributed by atoms with Gasteiger partial charge in [0.05, 0.1) is 6.61 Å². The summed E-state index contributed by atoms with van der Waals surface area (Å²) in [7, 11) is 1.65. The van der Waals surface area contributed by atoms with Crippen molar-refractivity contribution in [1.29, 1.82) is 0 Å². The van der Waals surface area contributed by atoms with Crippen LogP contribution in [0.2, 0.25) is 0 Å². The summed E-state index contributed by atoms with van der Waals surface area (Å²) in [5, 5.41) is 2.89. The molecule has 2 aliphatic rings. The molecule has 1 aromatic carbocycles. The summed E-state index contributed by atoms with van der Waals surface area (Å²) in [5.41, 5.74) is 2.37. The van der Waals surface area contributed by atoms with Gasteiger partial charge in [0, 0.05) is 44.4 Å². The Morgan fingerprint density at radius 2 is 2.00 bits per heavy atom. The second-order valence-corrected chi connectivity index (χ2v) is 8.28. The van der Waals surface area contributed by atoms with Gasteiger partial charge in [0.15, 0.2) is 0 Å². The van der Waals surface area contributed by atoms with Crippen LogP contribution in [0.15, 0.2) is 35.3 Å². The molecule has 4 rings (SSSR count). The first-order valence-electron chi connectivity index (χ1n) is 11.0. The van der Waals surface area contributed by atoms with Crippen molar-refractivity contribution in [2.45, 2.75) is 45.7 Å². The van der Waals surface area contributed by atoms with Crippen LogP contribution < -0.4 is 15.6 Å². The van der Waals surface area contributed by atoms with E-state index < -0.39 is 0 Å². The number of benzene rings is 1. The lowest BCUT2D eigenvalue weighted by Crippen LogP contribution is -2.44. The molecule has 7 nitrogen and oxygen atoms in total. The van der Waals surface area contributed by atoms with E-state index in [4.69, 9.17) is 4.74 Å². The maximum Gasteiger partial charge on any atom is 0.263 e. The molecular weight excluding hydrogens is 394 g/mol. The molecule has 1 aliphatic heterocycles. The maximum absolute atomic E-state index is 13.1. The van der Waals surface area contributed by atoms with Crippen LogP contribution >= 0.6 is 0 Å². The fraction of sp³-hybridized carbons (Fsp3) is 0.458. The lowest BCUT2D eigenvalue weighted by molar-refractivity contribution is -0.139. The van der Waals surface area contributed by atoms with Crippen molar-refractivity contribution in [3.8, 4) is 5.75 Å². The molecule has 0 atom stereocenters. The molecule has 0 spiro atoms. The molecule has 31 heavy (non-hydrogen) atoms. The monoisotopic (exact) mass is 423 g/mol. The molecule has 2 amide bonds. The summed E-state index contributed by atoms with van der Waals surface area (Å²) in [4.78, 5) is 40.4. The first-order chi connectivity index (χ1) is 15.0. The highest BCUT2D eigenvalue weighted by Crippen LogP contribution is 2.30. The molecule has 2 heterocycles. The summed E-state index contributed by atoms with van der Waals surface area (Å²) in [6, 6.07) is 7.54. The molecule has 0 bridgehead atoms. The normalized spacial score (nSPS) is 15.7. The van der Waals surface area contributed by atoms with E-state index in [2.05, 4.69) is 5.32 Å². The number of carbonyl (C=O) groups is 2. The highest BCUT2D eigenvalue weighted by Gasteiger charge is 2.33. The fourth-order valence-corrected chi connectivity index (χ4v) is 4.34. The van der Waals surface area contributed by atoms with E-state index >= 15 is 0 Å². The molecular formula is C24H29N3O4. The molecule has 164 valence electrons. The van der Waals surface area contributed by atoms with Gasteiger partial charge >= 0.3 is 0 Å². The van der Waals surface area contributed by atoms with Crippen LogP contribution in [0.5, 0.6) is 5.75 Å². The number of hydrogen-bond donors (Lipinski definition) is 1. The van der Waals surface area contributed by atoms with Crippen molar-refractivity contribution < 1.29 is 14.3 Å². The molecule has 1 saturated carbocycles. The van der Waals surface area contributed by atoms with E-state index in [1.165, 1.54) is 4.57 Å². The van der Waals surface area contributed by atoms with E-state index in [1.54, 1.807) is 13.2 Å². The van der Waals surface area contributed by atoms with Gasteiger partial charge in [-0.05, 0) is 43.4 Å². The summed E-state index contributed by atoms with van der Waals surface area (Å²) in [5.74, 6) is 0.674. The lowest BCUT2D eigenvalue weighted by atomic mass is 9.83. The van der Waals surface area contributed by atoms with Gasteiger partial charge in [0.2, 0.25) is 5.91 Å². The third kappa shape index (κ3) is 4.22. The number of aryl methyl sites for hydroxylation is 1. The Morgan fingerprint density at radius 1 is 1.23 bits per heavy atom. The third-order valence-corrected chi connectivity index (χ3v) is 6.27. The van der Waals surface area contributed by atoms with Crippen LogP contribution in [0.25, 0.3) is 0 Å². The second kappa shape index (κ2) is 8.96. The standard InChI is InChI=1S/C24H29N3O4/c1-3-31-20-10-5-4-7-17(20)13-25-22(28)21-19-11-12-27(23(29)16-8-6-9-16)15-18(19)14-26(2)24(21)30/h4-5,7,10,14,16H,3,6,8-9,11-13,15H2,1-2H3,(H,25,28). The summed E-state index contributed by atoms with van der Waals surface area (Å²) in [6.45, 7) is 3.71. The molecule has 0 unspecified atom stereocenters. The number of nitrogens with zero attached hydrogens (tertiary/aromatic N) is 2. The number of nitrogens with one attached hydrogen (secondary N) is 1. The quantitative estimate of drug-likeness (QED) is 0.774. The van der Waals surface area contributed by atoms with E-state index in [0.29, 0.717) is 26.1 Å². The Hall–Kier alpha value is -3.09. The number of pyridine rings is 1. The summed E-state index contributed by atoms with van der Waals surface area (Å²) in [6.07, 6.45) is 5.33. The van der Waals surface area contributed by atoms with Crippen molar-refractivity contribution in [1.82, 2.24) is 14.8 Å². The van der Waals surface area contributed by atoms with Crippen LogP contribution in [-0.4, -0.2) is 34.4 Å². The van der Waals surface area contributed by atoms with Gasteiger partial charge < -0.3 is 19.5 Å². The van der Waals surface area contributed by atoms with Crippen LogP contribution in [-0.2, 0) is 31.4 Å². The maximum atomic E-state index is 13.1. The van der Waals surface area contributed by atoms with Crippen molar-refractivity contribution in [2.24, 2.45) is 13.0 Å². The Kier molecular flexibility index (Phi) is 6.11. The average Bonchev–Trinajstić information content (AvgIpc) is 2.72. The number of carbonyl (C=O) groups excluding carboxylic acids is 2. The Balaban J connectivity index is 1.55. The predicted molar refractivity (Wildman–Crippen MR) is 117 cm³/mol. The summed E-state index contributed by atoms with van der Waals surface area (Å²) < 4.78 is 7.06. The molecule has 1 N–H and O–H groups in total. The first-order valence-corrected chi connectivity index (χ1v) is 11.0. The summed E-state index contributed by atoms with van der Waals surface area (Å²) >= 11 is 0. The van der Waals surface area contributed by atoms with Gasteiger partial charge in [0.25, 0.3) is 11.5 Å². The first kappa shape index (κ1) is 21.2. The minimum absolute atomic E-state index is 0.141. The van der Waals surface area contributed by atoms with Gasteiger partial charge in [-0.15, -0.1) is 0 Å². The Bertz CT molecular complexity index is 1060. The topological polar surface area (TPSA) is 80.6 Å². The van der Waals surface area contributed by atoms with Crippen LogP contribution in [0.3, 0.4) is 0 Å². The number of ether oxygens (including phenoxy) is 1. The highest BCUT2D eigenvalue weighted by molar-refractivity contribution is 5.95. The Morgan fingerprint density at radius 3 is 2.71 bits per heavy atom. The minimum atomic E-state index is -0.387. The second-order valence-electron chi connectivity index (χ2n) is 8.28. The van der Waals surface area contributed by atoms with Gasteiger partial charge in [-0.3, -0.25) is 14.4 Å². The SMILES string of the molecule is CCOc1ccccc1CNC(=O)c1c2c(cn(C)c1=O)CN(C(=O)C1CCC1)CC2.